The number of aliphatic hydroxyl groups excluding tert-OH is 1. The average Bonchev–Trinajstić information content (AvgIpc) is 2.80. The molecule has 0 spiro atoms. The number of aliphatic hydroxyl groups is 1. The summed E-state index contributed by atoms with van der Waals surface area (Å²) in [5, 5.41) is 40.2. The normalized spacial score (nSPS) is 12.9. The van der Waals surface area contributed by atoms with Crippen molar-refractivity contribution >= 4 is 41.6 Å². The minimum Gasteiger partial charge on any atom is -0.481 e. The molecule has 0 rings (SSSR count). The van der Waals surface area contributed by atoms with Gasteiger partial charge < -0.3 is 53.6 Å². The molecule has 0 aromatic heterocycles. The summed E-state index contributed by atoms with van der Waals surface area (Å²) in [6.07, 6.45) is -5.26. The van der Waals surface area contributed by atoms with Crippen molar-refractivity contribution in [3.8, 4) is 0 Å². The second kappa shape index (κ2) is 18.1. The fraction of sp³-hybridized carbons (Fsp3) is 0.611. The summed E-state index contributed by atoms with van der Waals surface area (Å²) in [5.74, 6) is -8.08. The van der Waals surface area contributed by atoms with Crippen LogP contribution in [0.1, 0.15) is 25.7 Å². The van der Waals surface area contributed by atoms with Crippen LogP contribution < -0.4 is 33.2 Å². The summed E-state index contributed by atoms with van der Waals surface area (Å²) in [6.45, 7) is -1.19. The molecule has 0 heterocycles. The number of nitrogens with two attached hydrogens (primary N) is 3. The van der Waals surface area contributed by atoms with Gasteiger partial charge in [0, 0.05) is 13.0 Å². The molecule has 3 unspecified atom stereocenters. The third kappa shape index (κ3) is 18.1. The van der Waals surface area contributed by atoms with Crippen molar-refractivity contribution in [2.24, 2.45) is 22.2 Å². The molecule has 0 bridgehead atoms. The largest absolute Gasteiger partial charge is 0.490 e. The second-order valence-electron chi connectivity index (χ2n) is 7.21. The maximum atomic E-state index is 12.2. The molecule has 0 aliphatic carbocycles. The zero-order valence-corrected chi connectivity index (χ0v) is 19.7. The van der Waals surface area contributed by atoms with E-state index in [-0.39, 0.29) is 25.3 Å². The van der Waals surface area contributed by atoms with Crippen LogP contribution in [0.3, 0.4) is 0 Å². The highest BCUT2D eigenvalue weighted by molar-refractivity contribution is 5.92. The highest BCUT2D eigenvalue weighted by atomic mass is 19.4. The van der Waals surface area contributed by atoms with Crippen LogP contribution in [0, 0.1) is 0 Å². The molecule has 0 radical (unpaired) electrons. The van der Waals surface area contributed by atoms with Gasteiger partial charge in [0.25, 0.3) is 0 Å². The first-order valence-corrected chi connectivity index (χ1v) is 10.5. The lowest BCUT2D eigenvalue weighted by Gasteiger charge is -2.20. The third-order valence-corrected chi connectivity index (χ3v) is 4.07. The number of aliphatic carboxylic acids is 3. The number of halogens is 3. The molecule has 38 heavy (non-hydrogen) atoms. The number of hydrogen-bond acceptors (Lipinski definition) is 9. The summed E-state index contributed by atoms with van der Waals surface area (Å²) < 4.78 is 31.7. The Kier molecular flexibility index (Phi) is 17.1. The van der Waals surface area contributed by atoms with E-state index in [4.69, 9.17) is 42.4 Å². The number of guanidine groups is 1. The summed E-state index contributed by atoms with van der Waals surface area (Å²) >= 11 is 0. The average molecular weight is 561 g/mol. The van der Waals surface area contributed by atoms with Gasteiger partial charge in [-0.05, 0) is 19.3 Å². The minimum absolute atomic E-state index is 0.0927. The number of carbonyl (C=O) groups is 6. The van der Waals surface area contributed by atoms with Crippen molar-refractivity contribution in [2.45, 2.75) is 50.0 Å². The Morgan fingerprint density at radius 3 is 1.87 bits per heavy atom. The fourth-order valence-corrected chi connectivity index (χ4v) is 2.19. The lowest BCUT2D eigenvalue weighted by molar-refractivity contribution is -0.192. The van der Waals surface area contributed by atoms with Crippen molar-refractivity contribution in [2.75, 3.05) is 19.7 Å². The summed E-state index contributed by atoms with van der Waals surface area (Å²) in [6, 6.07) is -3.97. The molecule has 0 aromatic carbocycles. The molecule has 13 N–H and O–H groups in total. The van der Waals surface area contributed by atoms with Crippen molar-refractivity contribution in [1.82, 2.24) is 16.0 Å². The van der Waals surface area contributed by atoms with E-state index in [0.717, 1.165) is 0 Å². The summed E-state index contributed by atoms with van der Waals surface area (Å²) in [4.78, 5) is 70.4. The van der Waals surface area contributed by atoms with E-state index < -0.39 is 79.5 Å². The number of hydrogen-bond donors (Lipinski definition) is 10. The number of nitrogens with zero attached hydrogens (tertiary/aromatic N) is 1. The van der Waals surface area contributed by atoms with E-state index in [2.05, 4.69) is 15.6 Å². The van der Waals surface area contributed by atoms with E-state index in [1.54, 1.807) is 0 Å². The van der Waals surface area contributed by atoms with E-state index in [0.29, 0.717) is 6.42 Å². The Balaban J connectivity index is 0. The van der Waals surface area contributed by atoms with Crippen LogP contribution in [0.2, 0.25) is 0 Å². The highest BCUT2D eigenvalue weighted by Crippen LogP contribution is 2.13. The van der Waals surface area contributed by atoms with E-state index >= 15 is 0 Å². The zero-order valence-electron chi connectivity index (χ0n) is 19.7. The van der Waals surface area contributed by atoms with Gasteiger partial charge in [-0.3, -0.25) is 24.2 Å². The minimum atomic E-state index is -5.08. The Labute approximate surface area is 212 Å². The maximum absolute atomic E-state index is 12.2. The molecular formula is C18H30F3N7O10. The first-order chi connectivity index (χ1) is 17.4. The van der Waals surface area contributed by atoms with Crippen LogP contribution in [0.4, 0.5) is 13.2 Å². The predicted octanol–water partition coefficient (Wildman–Crippen LogP) is -3.97. The van der Waals surface area contributed by atoms with Gasteiger partial charge in [0.15, 0.2) is 5.96 Å². The van der Waals surface area contributed by atoms with Crippen molar-refractivity contribution < 1.29 is 62.4 Å². The number of alkyl halides is 3. The van der Waals surface area contributed by atoms with E-state index in [9.17, 15) is 37.1 Å². The Morgan fingerprint density at radius 1 is 0.895 bits per heavy atom. The van der Waals surface area contributed by atoms with Gasteiger partial charge in [0.05, 0.1) is 19.2 Å². The molecule has 0 saturated heterocycles. The zero-order chi connectivity index (χ0) is 30.1. The summed E-state index contributed by atoms with van der Waals surface area (Å²) in [5.41, 5.74) is 16.0. The van der Waals surface area contributed by atoms with Crippen LogP contribution >= 0.6 is 0 Å². The Morgan fingerprint density at radius 2 is 1.45 bits per heavy atom. The molecule has 218 valence electrons. The molecule has 0 saturated carbocycles. The number of nitrogens with one attached hydrogen (secondary N) is 3. The Hall–Kier alpha value is -4.20. The van der Waals surface area contributed by atoms with Crippen molar-refractivity contribution in [1.29, 1.82) is 0 Å². The van der Waals surface area contributed by atoms with Crippen LogP contribution in [0.15, 0.2) is 4.99 Å². The van der Waals surface area contributed by atoms with Gasteiger partial charge in [-0.15, -0.1) is 0 Å². The molecule has 20 heteroatoms. The number of carboxylic acid groups (broad SMARTS) is 3. The standard InChI is InChI=1S/C16H29N7O8.C2HF3O2/c17-8(2-1-5-20-16(18)19)13(28)21-6-11(25)22-9(3-4-12(26)27)14(29)23-10(7-24)15(30)31;3-2(4,5)1(6)7/h8-10,24H,1-7,17H2,(H,21,28)(H,22,25)(H,23,29)(H,26,27)(H,30,31)(H4,18,19,20);(H,6,7). The first-order valence-electron chi connectivity index (χ1n) is 10.5. The van der Waals surface area contributed by atoms with E-state index in [1.165, 1.54) is 0 Å². The molecule has 17 nitrogen and oxygen atoms in total. The van der Waals surface area contributed by atoms with Crippen LogP contribution in [-0.4, -0.2) is 106 Å². The van der Waals surface area contributed by atoms with Crippen molar-refractivity contribution in [3.05, 3.63) is 0 Å². The van der Waals surface area contributed by atoms with Gasteiger partial charge in [-0.1, -0.05) is 0 Å². The van der Waals surface area contributed by atoms with Crippen molar-refractivity contribution in [3.63, 3.8) is 0 Å². The van der Waals surface area contributed by atoms with Crippen LogP contribution in [0.5, 0.6) is 0 Å². The van der Waals surface area contributed by atoms with Crippen LogP contribution in [-0.2, 0) is 28.8 Å². The van der Waals surface area contributed by atoms with Gasteiger partial charge >= 0.3 is 24.1 Å². The quantitative estimate of drug-likeness (QED) is 0.0519. The van der Waals surface area contributed by atoms with Gasteiger partial charge in [-0.25, -0.2) is 9.59 Å². The topological polar surface area (TPSA) is 310 Å². The van der Waals surface area contributed by atoms with Gasteiger partial charge in [0.1, 0.15) is 12.1 Å². The summed E-state index contributed by atoms with van der Waals surface area (Å²) in [7, 11) is 0. The number of carbonyl (C=O) groups excluding carboxylic acids is 3. The number of amides is 3. The molecule has 3 amide bonds. The first kappa shape index (κ1) is 36.0. The lowest BCUT2D eigenvalue weighted by Crippen LogP contribution is -2.54. The van der Waals surface area contributed by atoms with E-state index in [1.807, 2.05) is 5.32 Å². The predicted molar refractivity (Wildman–Crippen MR) is 120 cm³/mol. The fourth-order valence-electron chi connectivity index (χ4n) is 2.19. The monoisotopic (exact) mass is 561 g/mol. The molecule has 0 fully saturated rings. The van der Waals surface area contributed by atoms with Gasteiger partial charge in [0.2, 0.25) is 17.7 Å². The SMILES string of the molecule is NC(N)=NCCCC(N)C(=O)NCC(=O)NC(CCC(=O)O)C(=O)NC(CO)C(=O)O.O=C(O)C(F)(F)F. The number of rotatable bonds is 15. The third-order valence-electron chi connectivity index (χ3n) is 4.07. The van der Waals surface area contributed by atoms with Crippen LogP contribution in [0.25, 0.3) is 0 Å². The smallest absolute Gasteiger partial charge is 0.481 e. The second-order valence-corrected chi connectivity index (χ2v) is 7.21. The number of carboxylic acids is 3. The van der Waals surface area contributed by atoms with Gasteiger partial charge in [-0.2, -0.15) is 13.2 Å². The molecule has 0 aromatic rings. The lowest BCUT2D eigenvalue weighted by atomic mass is 10.1. The highest BCUT2D eigenvalue weighted by Gasteiger charge is 2.38. The molecular weight excluding hydrogens is 531 g/mol. The molecule has 0 aliphatic heterocycles. The molecule has 3 atom stereocenters. The molecule has 0 aliphatic rings. The number of aliphatic imine (C=N–C) groups is 1. The Bertz CT molecular complexity index is 866. The maximum Gasteiger partial charge on any atom is 0.490 e.